The minimum Gasteiger partial charge on any atom is -0.378 e. The van der Waals surface area contributed by atoms with Crippen LogP contribution in [-0.4, -0.2) is 43.3 Å². The molecule has 2 aliphatic rings. The van der Waals surface area contributed by atoms with Gasteiger partial charge in [0, 0.05) is 32.3 Å². The first-order valence-corrected chi connectivity index (χ1v) is 8.69. The first-order chi connectivity index (χ1) is 9.60. The van der Waals surface area contributed by atoms with Gasteiger partial charge in [-0.25, -0.2) is 0 Å². The molecule has 0 aromatic rings. The molecule has 1 aliphatic carbocycles. The quantitative estimate of drug-likeness (QED) is 0.842. The fourth-order valence-electron chi connectivity index (χ4n) is 3.97. The highest BCUT2D eigenvalue weighted by Gasteiger charge is 2.31. The molecule has 0 amide bonds. The van der Waals surface area contributed by atoms with Crippen LogP contribution in [0.25, 0.3) is 0 Å². The van der Waals surface area contributed by atoms with Gasteiger partial charge in [-0.15, -0.1) is 0 Å². The maximum atomic E-state index is 6.38. The lowest BCUT2D eigenvalue weighted by Gasteiger charge is -2.40. The van der Waals surface area contributed by atoms with E-state index in [9.17, 15) is 0 Å². The number of hydrogen-bond donors (Lipinski definition) is 1. The van der Waals surface area contributed by atoms with Gasteiger partial charge < -0.3 is 15.4 Å². The van der Waals surface area contributed by atoms with Crippen molar-refractivity contribution >= 4 is 0 Å². The van der Waals surface area contributed by atoms with E-state index in [1.54, 1.807) is 0 Å². The lowest BCUT2D eigenvalue weighted by atomic mass is 9.73. The average molecular weight is 282 g/mol. The van der Waals surface area contributed by atoms with Crippen LogP contribution in [-0.2, 0) is 4.74 Å². The van der Waals surface area contributed by atoms with Gasteiger partial charge in [0.05, 0.1) is 6.10 Å². The Morgan fingerprint density at radius 2 is 1.85 bits per heavy atom. The SMILES string of the molecule is CCOC1CCN(CC2CC(C(C)C)CCC2N)CC1. The zero-order valence-corrected chi connectivity index (χ0v) is 13.7. The first kappa shape index (κ1) is 16.3. The summed E-state index contributed by atoms with van der Waals surface area (Å²) in [5, 5.41) is 0. The molecule has 20 heavy (non-hydrogen) atoms. The number of nitrogens with two attached hydrogens (primary N) is 1. The monoisotopic (exact) mass is 282 g/mol. The van der Waals surface area contributed by atoms with Crippen LogP contribution in [0.3, 0.4) is 0 Å². The molecule has 0 aromatic carbocycles. The van der Waals surface area contributed by atoms with Gasteiger partial charge >= 0.3 is 0 Å². The van der Waals surface area contributed by atoms with Gasteiger partial charge in [-0.3, -0.25) is 0 Å². The summed E-state index contributed by atoms with van der Waals surface area (Å²) in [6.45, 7) is 11.3. The highest BCUT2D eigenvalue weighted by molar-refractivity contribution is 4.86. The summed E-state index contributed by atoms with van der Waals surface area (Å²) in [5.41, 5.74) is 6.38. The van der Waals surface area contributed by atoms with Crippen molar-refractivity contribution in [3.8, 4) is 0 Å². The zero-order chi connectivity index (χ0) is 14.5. The first-order valence-electron chi connectivity index (χ1n) is 8.69. The summed E-state index contributed by atoms with van der Waals surface area (Å²) in [5.74, 6) is 2.41. The summed E-state index contributed by atoms with van der Waals surface area (Å²) in [6.07, 6.45) is 6.79. The van der Waals surface area contributed by atoms with E-state index in [1.165, 1.54) is 51.7 Å². The Bertz CT molecular complexity index is 274. The highest BCUT2D eigenvalue weighted by Crippen LogP contribution is 2.34. The molecule has 1 saturated heterocycles. The lowest BCUT2D eigenvalue weighted by molar-refractivity contribution is 0.00716. The number of hydrogen-bond acceptors (Lipinski definition) is 3. The highest BCUT2D eigenvalue weighted by atomic mass is 16.5. The van der Waals surface area contributed by atoms with Crippen molar-refractivity contribution in [1.29, 1.82) is 0 Å². The van der Waals surface area contributed by atoms with E-state index in [1.807, 2.05) is 0 Å². The van der Waals surface area contributed by atoms with E-state index < -0.39 is 0 Å². The topological polar surface area (TPSA) is 38.5 Å². The standard InChI is InChI=1S/C17H34N2O/c1-4-20-16-7-9-19(10-8-16)12-15-11-14(13(2)3)5-6-17(15)18/h13-17H,4-12,18H2,1-3H3. The Balaban J connectivity index is 1.77. The molecule has 0 radical (unpaired) electrons. The second kappa shape index (κ2) is 7.77. The molecule has 3 atom stereocenters. The fourth-order valence-corrected chi connectivity index (χ4v) is 3.97. The van der Waals surface area contributed by atoms with Crippen LogP contribution in [0.1, 0.15) is 52.9 Å². The Morgan fingerprint density at radius 1 is 1.15 bits per heavy atom. The molecule has 1 saturated carbocycles. The van der Waals surface area contributed by atoms with Crippen molar-refractivity contribution in [3.63, 3.8) is 0 Å². The third kappa shape index (κ3) is 4.44. The molecular weight excluding hydrogens is 248 g/mol. The van der Waals surface area contributed by atoms with Crippen molar-refractivity contribution in [1.82, 2.24) is 4.90 Å². The van der Waals surface area contributed by atoms with Crippen LogP contribution >= 0.6 is 0 Å². The van der Waals surface area contributed by atoms with Gasteiger partial charge in [-0.1, -0.05) is 13.8 Å². The zero-order valence-electron chi connectivity index (χ0n) is 13.7. The third-order valence-corrected chi connectivity index (χ3v) is 5.45. The van der Waals surface area contributed by atoms with Crippen molar-refractivity contribution in [3.05, 3.63) is 0 Å². The number of nitrogens with zero attached hydrogens (tertiary/aromatic N) is 1. The molecular formula is C17H34N2O. The second-order valence-corrected chi connectivity index (χ2v) is 7.20. The Hall–Kier alpha value is -0.120. The summed E-state index contributed by atoms with van der Waals surface area (Å²) in [7, 11) is 0. The van der Waals surface area contributed by atoms with Gasteiger partial charge in [-0.05, 0) is 56.8 Å². The van der Waals surface area contributed by atoms with E-state index in [-0.39, 0.29) is 0 Å². The maximum Gasteiger partial charge on any atom is 0.0599 e. The van der Waals surface area contributed by atoms with E-state index >= 15 is 0 Å². The van der Waals surface area contributed by atoms with Gasteiger partial charge in [0.1, 0.15) is 0 Å². The normalized spacial score (nSPS) is 33.8. The van der Waals surface area contributed by atoms with Crippen LogP contribution in [0.5, 0.6) is 0 Å². The summed E-state index contributed by atoms with van der Waals surface area (Å²) in [6, 6.07) is 0.426. The number of rotatable bonds is 5. The minimum atomic E-state index is 0.426. The molecule has 3 nitrogen and oxygen atoms in total. The van der Waals surface area contributed by atoms with Crippen LogP contribution in [0.2, 0.25) is 0 Å². The predicted octanol–water partition coefficient (Wildman–Crippen LogP) is 2.89. The number of piperidine rings is 1. The van der Waals surface area contributed by atoms with Crippen LogP contribution in [0.15, 0.2) is 0 Å². The van der Waals surface area contributed by atoms with E-state index in [4.69, 9.17) is 10.5 Å². The summed E-state index contributed by atoms with van der Waals surface area (Å²) < 4.78 is 5.74. The molecule has 2 fully saturated rings. The van der Waals surface area contributed by atoms with Crippen molar-refractivity contribution in [2.75, 3.05) is 26.2 Å². The Kier molecular flexibility index (Phi) is 6.31. The molecule has 0 bridgehead atoms. The predicted molar refractivity (Wildman–Crippen MR) is 84.7 cm³/mol. The molecule has 3 unspecified atom stereocenters. The Labute approximate surface area is 125 Å². The van der Waals surface area contributed by atoms with E-state index in [0.717, 1.165) is 18.4 Å². The molecule has 118 valence electrons. The third-order valence-electron chi connectivity index (χ3n) is 5.45. The molecule has 2 N–H and O–H groups in total. The van der Waals surface area contributed by atoms with Crippen molar-refractivity contribution in [2.24, 2.45) is 23.5 Å². The smallest absolute Gasteiger partial charge is 0.0599 e. The molecule has 3 heteroatoms. The largest absolute Gasteiger partial charge is 0.378 e. The van der Waals surface area contributed by atoms with Crippen LogP contribution in [0.4, 0.5) is 0 Å². The fraction of sp³-hybridized carbons (Fsp3) is 1.00. The van der Waals surface area contributed by atoms with Gasteiger partial charge in [0.15, 0.2) is 0 Å². The van der Waals surface area contributed by atoms with Crippen LogP contribution < -0.4 is 5.73 Å². The average Bonchev–Trinajstić information content (AvgIpc) is 2.43. The van der Waals surface area contributed by atoms with Gasteiger partial charge in [0.25, 0.3) is 0 Å². The van der Waals surface area contributed by atoms with Gasteiger partial charge in [0.2, 0.25) is 0 Å². The van der Waals surface area contributed by atoms with E-state index in [2.05, 4.69) is 25.7 Å². The lowest BCUT2D eigenvalue weighted by Crippen LogP contribution is -2.46. The summed E-state index contributed by atoms with van der Waals surface area (Å²) >= 11 is 0. The number of likely N-dealkylation sites (tertiary alicyclic amines) is 1. The van der Waals surface area contributed by atoms with Gasteiger partial charge in [-0.2, -0.15) is 0 Å². The molecule has 1 heterocycles. The van der Waals surface area contributed by atoms with Crippen molar-refractivity contribution in [2.45, 2.75) is 65.0 Å². The molecule has 1 aliphatic heterocycles. The van der Waals surface area contributed by atoms with Crippen LogP contribution in [0, 0.1) is 17.8 Å². The van der Waals surface area contributed by atoms with Crippen molar-refractivity contribution < 1.29 is 4.74 Å². The second-order valence-electron chi connectivity index (χ2n) is 7.20. The molecule has 0 aromatic heterocycles. The maximum absolute atomic E-state index is 6.38. The van der Waals surface area contributed by atoms with E-state index in [0.29, 0.717) is 18.1 Å². The Morgan fingerprint density at radius 3 is 2.45 bits per heavy atom. The minimum absolute atomic E-state index is 0.426. The molecule has 0 spiro atoms. The number of ether oxygens (including phenoxy) is 1. The summed E-state index contributed by atoms with van der Waals surface area (Å²) in [4.78, 5) is 2.63. The molecule has 2 rings (SSSR count).